The van der Waals surface area contributed by atoms with Crippen molar-refractivity contribution in [3.8, 4) is 5.88 Å². The topological polar surface area (TPSA) is 60.6 Å². The SMILES string of the molecule is [C-]#[N+]c1ccc(Nc2ncnc(OC3C4CCCC3COC4)c2C)c(Cl)c1. The van der Waals surface area contributed by atoms with Gasteiger partial charge in [-0.2, -0.15) is 0 Å². The van der Waals surface area contributed by atoms with Crippen molar-refractivity contribution >= 4 is 28.8 Å². The fourth-order valence-electron chi connectivity index (χ4n) is 3.89. The third-order valence-electron chi connectivity index (χ3n) is 5.36. The second kappa shape index (κ2) is 7.71. The van der Waals surface area contributed by atoms with Crippen LogP contribution in [0.4, 0.5) is 17.2 Å². The Morgan fingerprint density at radius 2 is 2.04 bits per heavy atom. The van der Waals surface area contributed by atoms with Gasteiger partial charge >= 0.3 is 0 Å². The minimum Gasteiger partial charge on any atom is -0.473 e. The van der Waals surface area contributed by atoms with Crippen LogP contribution in [-0.4, -0.2) is 29.3 Å². The van der Waals surface area contributed by atoms with E-state index in [0.717, 1.165) is 31.6 Å². The van der Waals surface area contributed by atoms with E-state index in [2.05, 4.69) is 20.1 Å². The zero-order valence-electron chi connectivity index (χ0n) is 15.1. The second-order valence-electron chi connectivity index (χ2n) is 7.12. The summed E-state index contributed by atoms with van der Waals surface area (Å²) in [5, 5.41) is 3.70. The maximum atomic E-state index is 7.07. The highest BCUT2D eigenvalue weighted by molar-refractivity contribution is 6.33. The highest BCUT2D eigenvalue weighted by Gasteiger charge is 2.39. The summed E-state index contributed by atoms with van der Waals surface area (Å²) in [4.78, 5) is 12.1. The monoisotopic (exact) mass is 384 g/mol. The summed E-state index contributed by atoms with van der Waals surface area (Å²) in [6.07, 6.45) is 5.17. The van der Waals surface area contributed by atoms with Gasteiger partial charge in [0.2, 0.25) is 5.88 Å². The van der Waals surface area contributed by atoms with Gasteiger partial charge in [-0.3, -0.25) is 0 Å². The van der Waals surface area contributed by atoms with Crippen LogP contribution in [0.5, 0.6) is 5.88 Å². The molecule has 2 atom stereocenters. The number of anilines is 2. The molecule has 1 saturated carbocycles. The van der Waals surface area contributed by atoms with E-state index in [1.54, 1.807) is 18.2 Å². The van der Waals surface area contributed by atoms with Crippen LogP contribution < -0.4 is 10.1 Å². The Labute approximate surface area is 163 Å². The van der Waals surface area contributed by atoms with E-state index < -0.39 is 0 Å². The molecule has 0 radical (unpaired) electrons. The summed E-state index contributed by atoms with van der Waals surface area (Å²) in [5.74, 6) is 2.11. The first-order valence-electron chi connectivity index (χ1n) is 9.15. The van der Waals surface area contributed by atoms with Crippen LogP contribution in [0.1, 0.15) is 24.8 Å². The minimum absolute atomic E-state index is 0.149. The molecule has 2 fully saturated rings. The van der Waals surface area contributed by atoms with Crippen molar-refractivity contribution in [1.82, 2.24) is 9.97 Å². The smallest absolute Gasteiger partial charge is 0.221 e. The maximum Gasteiger partial charge on any atom is 0.221 e. The number of hydrogen-bond donors (Lipinski definition) is 1. The summed E-state index contributed by atoms with van der Waals surface area (Å²) < 4.78 is 12.1. The van der Waals surface area contributed by atoms with Gasteiger partial charge in [0.1, 0.15) is 18.2 Å². The average Bonchev–Trinajstić information content (AvgIpc) is 2.66. The zero-order chi connectivity index (χ0) is 18.8. The fourth-order valence-corrected chi connectivity index (χ4v) is 4.11. The fraction of sp³-hybridized carbons (Fsp3) is 0.450. The summed E-state index contributed by atoms with van der Waals surface area (Å²) in [6.45, 7) is 10.5. The molecule has 0 amide bonds. The first kappa shape index (κ1) is 18.0. The third kappa shape index (κ3) is 3.71. The van der Waals surface area contributed by atoms with Crippen LogP contribution in [0.15, 0.2) is 24.5 Å². The lowest BCUT2D eigenvalue weighted by molar-refractivity contribution is -0.0920. The summed E-state index contributed by atoms with van der Waals surface area (Å²) in [7, 11) is 0. The molecule has 2 unspecified atom stereocenters. The number of rotatable bonds is 4. The highest BCUT2D eigenvalue weighted by Crippen LogP contribution is 2.37. The Bertz CT molecular complexity index is 861. The quantitative estimate of drug-likeness (QED) is 0.757. The lowest BCUT2D eigenvalue weighted by Gasteiger charge is -2.41. The van der Waals surface area contributed by atoms with E-state index in [9.17, 15) is 0 Å². The van der Waals surface area contributed by atoms with Gasteiger partial charge in [-0.25, -0.2) is 14.8 Å². The molecule has 0 spiro atoms. The molecule has 140 valence electrons. The minimum atomic E-state index is 0.149. The molecule has 6 nitrogen and oxygen atoms in total. The van der Waals surface area contributed by atoms with Crippen molar-refractivity contribution < 1.29 is 9.47 Å². The predicted octanol–water partition coefficient (Wildman–Crippen LogP) is 4.93. The number of hydrogen-bond acceptors (Lipinski definition) is 5. The van der Waals surface area contributed by atoms with E-state index in [-0.39, 0.29) is 6.10 Å². The van der Waals surface area contributed by atoms with Crippen molar-refractivity contribution in [3.05, 3.63) is 46.5 Å². The molecule has 1 aromatic heterocycles. The molecule has 4 rings (SSSR count). The molecule has 2 aromatic rings. The molecule has 2 aliphatic rings. The normalized spacial score (nSPS) is 24.1. The number of aromatic nitrogens is 2. The van der Waals surface area contributed by atoms with Crippen molar-refractivity contribution in [2.75, 3.05) is 18.5 Å². The summed E-state index contributed by atoms with van der Waals surface area (Å²) in [6, 6.07) is 5.13. The van der Waals surface area contributed by atoms with Gasteiger partial charge in [0.15, 0.2) is 5.69 Å². The summed E-state index contributed by atoms with van der Waals surface area (Å²) >= 11 is 6.28. The predicted molar refractivity (Wildman–Crippen MR) is 104 cm³/mol. The van der Waals surface area contributed by atoms with Crippen LogP contribution >= 0.6 is 11.6 Å². The van der Waals surface area contributed by atoms with Crippen molar-refractivity contribution in [2.45, 2.75) is 32.3 Å². The Morgan fingerprint density at radius 3 is 2.74 bits per heavy atom. The number of halogens is 1. The van der Waals surface area contributed by atoms with E-state index >= 15 is 0 Å². The van der Waals surface area contributed by atoms with Gasteiger partial charge in [0.25, 0.3) is 0 Å². The van der Waals surface area contributed by atoms with Crippen LogP contribution in [-0.2, 0) is 4.74 Å². The molecule has 2 bridgehead atoms. The number of nitrogens with one attached hydrogen (secondary N) is 1. The molecule has 1 saturated heterocycles. The van der Waals surface area contributed by atoms with Gasteiger partial charge in [-0.15, -0.1) is 0 Å². The van der Waals surface area contributed by atoms with Gasteiger partial charge in [0, 0.05) is 11.8 Å². The number of ether oxygens (including phenoxy) is 2. The van der Waals surface area contributed by atoms with Crippen LogP contribution in [0.3, 0.4) is 0 Å². The molecule has 1 aliphatic carbocycles. The summed E-state index contributed by atoms with van der Waals surface area (Å²) in [5.41, 5.74) is 2.03. The molecule has 1 aliphatic heterocycles. The molecule has 1 N–H and O–H groups in total. The van der Waals surface area contributed by atoms with Gasteiger partial charge in [-0.1, -0.05) is 24.1 Å². The Kier molecular flexibility index (Phi) is 5.15. The highest BCUT2D eigenvalue weighted by atomic mass is 35.5. The number of fused-ring (bicyclic) bond motifs is 2. The van der Waals surface area contributed by atoms with E-state index in [0.29, 0.717) is 39.9 Å². The molecular formula is C20H21ClN4O2. The van der Waals surface area contributed by atoms with Crippen LogP contribution in [0, 0.1) is 25.3 Å². The Balaban J connectivity index is 1.55. The molecular weight excluding hydrogens is 364 g/mol. The van der Waals surface area contributed by atoms with E-state index in [1.807, 2.05) is 6.92 Å². The van der Waals surface area contributed by atoms with Gasteiger partial charge in [0.05, 0.1) is 36.1 Å². The zero-order valence-corrected chi connectivity index (χ0v) is 15.9. The Hall–Kier alpha value is -2.36. The lowest BCUT2D eigenvalue weighted by atomic mass is 9.77. The standard InChI is InChI=1S/C20H21ClN4O2/c1-12-19(25-17-7-6-15(22-2)8-16(17)21)23-11-24-20(12)27-18-13-4-3-5-14(18)10-26-9-13/h6-8,11,13-14,18H,3-5,9-10H2,1H3,(H,23,24,25). The van der Waals surface area contributed by atoms with Crippen LogP contribution in [0.2, 0.25) is 5.02 Å². The van der Waals surface area contributed by atoms with E-state index in [4.69, 9.17) is 27.6 Å². The van der Waals surface area contributed by atoms with Gasteiger partial charge < -0.3 is 14.8 Å². The first-order chi connectivity index (χ1) is 13.2. The first-order valence-corrected chi connectivity index (χ1v) is 9.53. The average molecular weight is 385 g/mol. The van der Waals surface area contributed by atoms with E-state index in [1.165, 1.54) is 12.7 Å². The van der Waals surface area contributed by atoms with Gasteiger partial charge in [-0.05, 0) is 31.9 Å². The second-order valence-corrected chi connectivity index (χ2v) is 7.53. The molecule has 27 heavy (non-hydrogen) atoms. The largest absolute Gasteiger partial charge is 0.473 e. The Morgan fingerprint density at radius 1 is 1.26 bits per heavy atom. The van der Waals surface area contributed by atoms with Crippen molar-refractivity contribution in [2.24, 2.45) is 11.8 Å². The molecule has 1 aromatic carbocycles. The van der Waals surface area contributed by atoms with Crippen molar-refractivity contribution in [3.63, 3.8) is 0 Å². The van der Waals surface area contributed by atoms with Crippen molar-refractivity contribution in [1.29, 1.82) is 0 Å². The number of benzene rings is 1. The third-order valence-corrected chi connectivity index (χ3v) is 5.68. The maximum absolute atomic E-state index is 7.07. The number of nitrogens with zero attached hydrogens (tertiary/aromatic N) is 3. The molecule has 2 heterocycles. The molecule has 7 heteroatoms. The lowest BCUT2D eigenvalue weighted by Crippen LogP contribution is -2.46. The van der Waals surface area contributed by atoms with Crippen LogP contribution in [0.25, 0.3) is 4.85 Å².